The largest absolute Gasteiger partial charge is 0.416 e. The molecular weight excluding hydrogens is 255 g/mol. The van der Waals surface area contributed by atoms with E-state index in [9.17, 15) is 13.2 Å². The molecule has 2 nitrogen and oxygen atoms in total. The van der Waals surface area contributed by atoms with Gasteiger partial charge in [0.05, 0.1) is 18.3 Å². The molecule has 5 heteroatoms. The lowest BCUT2D eigenvalue weighted by atomic mass is 10.1. The van der Waals surface area contributed by atoms with Gasteiger partial charge in [-0.05, 0) is 43.0 Å². The molecule has 106 valence electrons. The van der Waals surface area contributed by atoms with Gasteiger partial charge in [0.15, 0.2) is 0 Å². The first-order chi connectivity index (χ1) is 9.00. The molecule has 1 aromatic carbocycles. The summed E-state index contributed by atoms with van der Waals surface area (Å²) in [6.45, 7) is 0.790. The molecule has 0 radical (unpaired) electrons. The number of benzene rings is 1. The van der Waals surface area contributed by atoms with Crippen molar-refractivity contribution >= 4 is 0 Å². The fourth-order valence-corrected chi connectivity index (χ4v) is 2.53. The minimum absolute atomic E-state index is 0.0829. The Kier molecular flexibility index (Phi) is 4.47. The first-order valence-electron chi connectivity index (χ1n) is 6.48. The maximum Gasteiger partial charge on any atom is 0.416 e. The molecule has 2 N–H and O–H groups in total. The zero-order chi connectivity index (χ0) is 13.9. The standard InChI is InChI=1S/C14H18F3NO/c15-14(16,17)12-5-1-3-10(7-12)9-19-13-6-2-4-11(13)8-18/h1,3,5,7,11,13H,2,4,6,8-9,18H2. The van der Waals surface area contributed by atoms with Crippen molar-refractivity contribution in [3.05, 3.63) is 35.4 Å². The highest BCUT2D eigenvalue weighted by Gasteiger charge is 2.31. The lowest BCUT2D eigenvalue weighted by molar-refractivity contribution is -0.137. The van der Waals surface area contributed by atoms with Crippen LogP contribution in [0.15, 0.2) is 24.3 Å². The summed E-state index contributed by atoms with van der Waals surface area (Å²) < 4.78 is 43.4. The van der Waals surface area contributed by atoms with Crippen molar-refractivity contribution < 1.29 is 17.9 Å². The average Bonchev–Trinajstić information content (AvgIpc) is 2.83. The van der Waals surface area contributed by atoms with Crippen LogP contribution in [0.2, 0.25) is 0 Å². The van der Waals surface area contributed by atoms with E-state index in [0.29, 0.717) is 18.0 Å². The Morgan fingerprint density at radius 2 is 2.05 bits per heavy atom. The summed E-state index contributed by atoms with van der Waals surface area (Å²) in [6.07, 6.45) is -1.15. The van der Waals surface area contributed by atoms with Gasteiger partial charge in [-0.15, -0.1) is 0 Å². The summed E-state index contributed by atoms with van der Waals surface area (Å²) in [6, 6.07) is 5.28. The molecule has 1 aromatic rings. The summed E-state index contributed by atoms with van der Waals surface area (Å²) in [5, 5.41) is 0. The fraction of sp³-hybridized carbons (Fsp3) is 0.571. The number of hydrogen-bond acceptors (Lipinski definition) is 2. The second-order valence-electron chi connectivity index (χ2n) is 4.97. The molecule has 2 rings (SSSR count). The van der Waals surface area contributed by atoms with Gasteiger partial charge in [-0.25, -0.2) is 0 Å². The molecule has 19 heavy (non-hydrogen) atoms. The van der Waals surface area contributed by atoms with E-state index in [1.807, 2.05) is 0 Å². The summed E-state index contributed by atoms with van der Waals surface area (Å²) in [5.74, 6) is 0.339. The highest BCUT2D eigenvalue weighted by molar-refractivity contribution is 5.25. The predicted molar refractivity (Wildman–Crippen MR) is 66.4 cm³/mol. The number of ether oxygens (including phenoxy) is 1. The lowest BCUT2D eigenvalue weighted by Gasteiger charge is -2.19. The number of alkyl halides is 3. The van der Waals surface area contributed by atoms with Crippen LogP contribution in [-0.2, 0) is 17.5 Å². The van der Waals surface area contributed by atoms with Gasteiger partial charge in [0, 0.05) is 0 Å². The van der Waals surface area contributed by atoms with Crippen LogP contribution in [0.5, 0.6) is 0 Å². The fourth-order valence-electron chi connectivity index (χ4n) is 2.53. The number of nitrogens with two attached hydrogens (primary N) is 1. The molecule has 2 unspecified atom stereocenters. The monoisotopic (exact) mass is 273 g/mol. The third-order valence-corrected chi connectivity index (χ3v) is 3.61. The Morgan fingerprint density at radius 1 is 1.26 bits per heavy atom. The molecule has 0 heterocycles. The van der Waals surface area contributed by atoms with Crippen LogP contribution in [0.1, 0.15) is 30.4 Å². The zero-order valence-corrected chi connectivity index (χ0v) is 10.6. The van der Waals surface area contributed by atoms with Crippen LogP contribution in [0.3, 0.4) is 0 Å². The van der Waals surface area contributed by atoms with E-state index in [1.54, 1.807) is 6.07 Å². The third-order valence-electron chi connectivity index (χ3n) is 3.61. The van der Waals surface area contributed by atoms with Gasteiger partial charge >= 0.3 is 6.18 Å². The molecule has 0 saturated heterocycles. The van der Waals surface area contributed by atoms with E-state index in [1.165, 1.54) is 6.07 Å². The molecule has 0 aromatic heterocycles. The quantitative estimate of drug-likeness (QED) is 0.913. The van der Waals surface area contributed by atoms with E-state index in [-0.39, 0.29) is 12.7 Å². The molecule has 1 aliphatic carbocycles. The molecule has 0 aliphatic heterocycles. The number of halogens is 3. The van der Waals surface area contributed by atoms with Crippen molar-refractivity contribution in [3.8, 4) is 0 Å². The van der Waals surface area contributed by atoms with Crippen molar-refractivity contribution in [3.63, 3.8) is 0 Å². The highest BCUT2D eigenvalue weighted by atomic mass is 19.4. The van der Waals surface area contributed by atoms with Crippen LogP contribution in [0, 0.1) is 5.92 Å². The van der Waals surface area contributed by atoms with Crippen LogP contribution in [0.25, 0.3) is 0 Å². The summed E-state index contributed by atoms with van der Waals surface area (Å²) in [4.78, 5) is 0. The third kappa shape index (κ3) is 3.70. The van der Waals surface area contributed by atoms with E-state index in [2.05, 4.69) is 0 Å². The molecule has 0 spiro atoms. The molecule has 1 fully saturated rings. The van der Waals surface area contributed by atoms with Gasteiger partial charge < -0.3 is 10.5 Å². The topological polar surface area (TPSA) is 35.2 Å². The van der Waals surface area contributed by atoms with Gasteiger partial charge in [-0.3, -0.25) is 0 Å². The van der Waals surface area contributed by atoms with Crippen LogP contribution in [0.4, 0.5) is 13.2 Å². The van der Waals surface area contributed by atoms with Crippen molar-refractivity contribution in [2.24, 2.45) is 11.7 Å². The second kappa shape index (κ2) is 5.92. The van der Waals surface area contributed by atoms with Crippen molar-refractivity contribution in [2.45, 2.75) is 38.1 Å². The number of rotatable bonds is 4. The Balaban J connectivity index is 1.96. The molecule has 1 aliphatic rings. The van der Waals surface area contributed by atoms with Crippen molar-refractivity contribution in [1.82, 2.24) is 0 Å². The smallest absolute Gasteiger partial charge is 0.373 e. The first-order valence-corrected chi connectivity index (χ1v) is 6.48. The predicted octanol–water partition coefficient (Wildman–Crippen LogP) is 3.35. The van der Waals surface area contributed by atoms with Gasteiger partial charge in [-0.2, -0.15) is 13.2 Å². The molecule has 2 atom stereocenters. The summed E-state index contributed by atoms with van der Waals surface area (Å²) in [5.41, 5.74) is 5.57. The maximum atomic E-state index is 12.6. The van der Waals surface area contributed by atoms with E-state index < -0.39 is 11.7 Å². The van der Waals surface area contributed by atoms with Crippen LogP contribution < -0.4 is 5.73 Å². The summed E-state index contributed by atoms with van der Waals surface area (Å²) in [7, 11) is 0. The molecule has 0 amide bonds. The van der Waals surface area contributed by atoms with E-state index in [4.69, 9.17) is 10.5 Å². The number of hydrogen-bond donors (Lipinski definition) is 1. The molecule has 1 saturated carbocycles. The SMILES string of the molecule is NCC1CCCC1OCc1cccc(C(F)(F)F)c1. The Morgan fingerprint density at radius 3 is 2.74 bits per heavy atom. The Bertz CT molecular complexity index is 419. The van der Waals surface area contributed by atoms with Gasteiger partial charge in [-0.1, -0.05) is 18.6 Å². The van der Waals surface area contributed by atoms with Crippen molar-refractivity contribution in [2.75, 3.05) is 6.54 Å². The van der Waals surface area contributed by atoms with Crippen molar-refractivity contribution in [1.29, 1.82) is 0 Å². The Labute approximate surface area is 110 Å². The zero-order valence-electron chi connectivity index (χ0n) is 10.6. The minimum Gasteiger partial charge on any atom is -0.373 e. The van der Waals surface area contributed by atoms with E-state index in [0.717, 1.165) is 31.4 Å². The van der Waals surface area contributed by atoms with Gasteiger partial charge in [0.25, 0.3) is 0 Å². The first kappa shape index (κ1) is 14.3. The molecular formula is C14H18F3NO. The minimum atomic E-state index is -4.30. The lowest BCUT2D eigenvalue weighted by Crippen LogP contribution is -2.25. The highest BCUT2D eigenvalue weighted by Crippen LogP contribution is 2.31. The van der Waals surface area contributed by atoms with Crippen LogP contribution >= 0.6 is 0 Å². The van der Waals surface area contributed by atoms with Gasteiger partial charge in [0.1, 0.15) is 0 Å². The van der Waals surface area contributed by atoms with Gasteiger partial charge in [0.2, 0.25) is 0 Å². The summed E-state index contributed by atoms with van der Waals surface area (Å²) >= 11 is 0. The second-order valence-corrected chi connectivity index (χ2v) is 4.97. The van der Waals surface area contributed by atoms with Crippen LogP contribution in [-0.4, -0.2) is 12.6 Å². The Hall–Kier alpha value is -1.07. The average molecular weight is 273 g/mol. The normalized spacial score (nSPS) is 23.8. The molecule has 0 bridgehead atoms. The maximum absolute atomic E-state index is 12.6. The van der Waals surface area contributed by atoms with E-state index >= 15 is 0 Å².